The topological polar surface area (TPSA) is 61.3 Å². The molecule has 0 aliphatic heterocycles. The first-order valence-electron chi connectivity index (χ1n) is 8.09. The van der Waals surface area contributed by atoms with Crippen LogP contribution in [0.4, 0.5) is 0 Å². The van der Waals surface area contributed by atoms with Gasteiger partial charge in [0.2, 0.25) is 0 Å². The third-order valence-corrected chi connectivity index (χ3v) is 4.48. The van der Waals surface area contributed by atoms with Gasteiger partial charge in [0.15, 0.2) is 0 Å². The summed E-state index contributed by atoms with van der Waals surface area (Å²) >= 11 is 6.32. The normalized spacial score (nSPS) is 17.7. The molecule has 1 aliphatic carbocycles. The molecule has 1 aromatic carbocycles. The molecule has 4 heteroatoms. The van der Waals surface area contributed by atoms with E-state index in [-0.39, 0.29) is 6.04 Å². The fourth-order valence-corrected chi connectivity index (χ4v) is 3.36. The molecule has 3 nitrogen and oxygen atoms in total. The Kier molecular flexibility index (Phi) is 6.34. The van der Waals surface area contributed by atoms with Crippen LogP contribution in [0.3, 0.4) is 0 Å². The van der Waals surface area contributed by atoms with E-state index < -0.39 is 0 Å². The van der Waals surface area contributed by atoms with Crippen LogP contribution < -0.4 is 16.2 Å². The van der Waals surface area contributed by atoms with Gasteiger partial charge in [0.1, 0.15) is 5.75 Å². The van der Waals surface area contributed by atoms with Crippen molar-refractivity contribution in [1.29, 1.82) is 0 Å². The lowest BCUT2D eigenvalue weighted by atomic mass is 9.82. The summed E-state index contributed by atoms with van der Waals surface area (Å²) in [6.45, 7) is 3.21. The van der Waals surface area contributed by atoms with Gasteiger partial charge in [0, 0.05) is 23.2 Å². The van der Waals surface area contributed by atoms with E-state index in [2.05, 4.69) is 13.0 Å². The molecule has 0 amide bonds. The van der Waals surface area contributed by atoms with Crippen LogP contribution in [0.5, 0.6) is 5.75 Å². The van der Waals surface area contributed by atoms with Crippen LogP contribution in [-0.2, 0) is 0 Å². The number of hydrogen-bond donors (Lipinski definition) is 2. The quantitative estimate of drug-likeness (QED) is 0.830. The Bertz CT molecular complexity index is 458. The molecule has 4 N–H and O–H groups in total. The van der Waals surface area contributed by atoms with Gasteiger partial charge in [-0.1, -0.05) is 37.8 Å². The fourth-order valence-electron chi connectivity index (χ4n) is 3.13. The molecule has 1 unspecified atom stereocenters. The lowest BCUT2D eigenvalue weighted by Gasteiger charge is -2.27. The Labute approximate surface area is 133 Å². The lowest BCUT2D eigenvalue weighted by Crippen LogP contribution is -2.22. The lowest BCUT2D eigenvalue weighted by molar-refractivity contribution is 0.303. The molecule has 0 spiro atoms. The number of nitrogens with two attached hydrogens (primary N) is 2. The van der Waals surface area contributed by atoms with Crippen molar-refractivity contribution in [2.24, 2.45) is 11.5 Å². The largest absolute Gasteiger partial charge is 0.493 e. The van der Waals surface area contributed by atoms with Crippen LogP contribution in [0.1, 0.15) is 68.5 Å². The summed E-state index contributed by atoms with van der Waals surface area (Å²) in [6.07, 6.45) is 7.28. The first-order chi connectivity index (χ1) is 10.2. The van der Waals surface area contributed by atoms with Crippen molar-refractivity contribution in [3.8, 4) is 5.75 Å². The fraction of sp³-hybridized carbons (Fsp3) is 0.647. The number of halogens is 1. The van der Waals surface area contributed by atoms with Crippen molar-refractivity contribution in [2.45, 2.75) is 57.4 Å². The standard InChI is InChI=1S/C17H27ClN2O/c1-2-8-21-17-14(12-6-4-3-5-7-12)9-13(18)10-15(17)16(20)11-19/h9-10,12,16H,2-8,11,19-20H2,1H3. The minimum absolute atomic E-state index is 0.224. The molecule has 0 heterocycles. The highest BCUT2D eigenvalue weighted by Crippen LogP contribution is 2.42. The Morgan fingerprint density at radius 1 is 1.29 bits per heavy atom. The zero-order valence-electron chi connectivity index (χ0n) is 12.9. The van der Waals surface area contributed by atoms with Gasteiger partial charge >= 0.3 is 0 Å². The predicted molar refractivity (Wildman–Crippen MR) is 89.0 cm³/mol. The minimum Gasteiger partial charge on any atom is -0.493 e. The van der Waals surface area contributed by atoms with Gasteiger partial charge < -0.3 is 16.2 Å². The molecule has 0 aromatic heterocycles. The molecule has 1 saturated carbocycles. The number of hydrogen-bond acceptors (Lipinski definition) is 3. The summed E-state index contributed by atoms with van der Waals surface area (Å²) in [6, 6.07) is 3.75. The average molecular weight is 311 g/mol. The zero-order chi connectivity index (χ0) is 15.2. The Balaban J connectivity index is 2.41. The molecule has 118 valence electrons. The number of rotatable bonds is 6. The Hall–Kier alpha value is -0.770. The van der Waals surface area contributed by atoms with Crippen molar-refractivity contribution < 1.29 is 4.74 Å². The van der Waals surface area contributed by atoms with Crippen LogP contribution in [0, 0.1) is 0 Å². The first kappa shape index (κ1) is 16.6. The first-order valence-corrected chi connectivity index (χ1v) is 8.47. The van der Waals surface area contributed by atoms with Gasteiger partial charge in [0.05, 0.1) is 6.61 Å². The summed E-state index contributed by atoms with van der Waals surface area (Å²) in [4.78, 5) is 0. The second-order valence-electron chi connectivity index (χ2n) is 5.94. The van der Waals surface area contributed by atoms with E-state index in [1.54, 1.807) is 0 Å². The Morgan fingerprint density at radius 3 is 2.62 bits per heavy atom. The monoisotopic (exact) mass is 310 g/mol. The SMILES string of the molecule is CCCOc1c(C(N)CN)cc(Cl)cc1C1CCCCC1. The molecular weight excluding hydrogens is 284 g/mol. The summed E-state index contributed by atoms with van der Waals surface area (Å²) in [5.74, 6) is 1.47. The number of ether oxygens (including phenoxy) is 1. The summed E-state index contributed by atoms with van der Waals surface area (Å²) < 4.78 is 6.05. The molecule has 1 fully saturated rings. The zero-order valence-corrected chi connectivity index (χ0v) is 13.7. The van der Waals surface area contributed by atoms with Crippen molar-refractivity contribution in [3.05, 3.63) is 28.3 Å². The van der Waals surface area contributed by atoms with E-state index in [1.807, 2.05) is 6.07 Å². The maximum Gasteiger partial charge on any atom is 0.127 e. The molecule has 1 aromatic rings. The maximum absolute atomic E-state index is 6.32. The summed E-state index contributed by atoms with van der Waals surface area (Å²) in [5.41, 5.74) is 14.1. The van der Waals surface area contributed by atoms with Crippen molar-refractivity contribution in [2.75, 3.05) is 13.2 Å². The summed E-state index contributed by atoms with van der Waals surface area (Å²) in [7, 11) is 0. The van der Waals surface area contributed by atoms with E-state index in [1.165, 1.54) is 37.7 Å². The highest BCUT2D eigenvalue weighted by molar-refractivity contribution is 6.30. The third kappa shape index (κ3) is 4.12. The predicted octanol–water partition coefficient (Wildman–Crippen LogP) is 4.14. The molecule has 1 atom stereocenters. The van der Waals surface area contributed by atoms with E-state index in [4.69, 9.17) is 27.8 Å². The van der Waals surface area contributed by atoms with E-state index in [0.29, 0.717) is 19.1 Å². The van der Waals surface area contributed by atoms with Crippen molar-refractivity contribution in [3.63, 3.8) is 0 Å². The van der Waals surface area contributed by atoms with E-state index >= 15 is 0 Å². The number of benzene rings is 1. The Morgan fingerprint density at radius 2 is 2.00 bits per heavy atom. The van der Waals surface area contributed by atoms with Crippen LogP contribution in [-0.4, -0.2) is 13.2 Å². The second kappa shape index (κ2) is 8.02. The molecule has 0 radical (unpaired) electrons. The highest BCUT2D eigenvalue weighted by atomic mass is 35.5. The van der Waals surface area contributed by atoms with Gasteiger partial charge in [-0.2, -0.15) is 0 Å². The van der Waals surface area contributed by atoms with Crippen molar-refractivity contribution >= 4 is 11.6 Å². The van der Waals surface area contributed by atoms with E-state index in [9.17, 15) is 0 Å². The third-order valence-electron chi connectivity index (χ3n) is 4.26. The highest BCUT2D eigenvalue weighted by Gasteiger charge is 2.24. The van der Waals surface area contributed by atoms with Gasteiger partial charge in [-0.3, -0.25) is 0 Å². The van der Waals surface area contributed by atoms with Crippen LogP contribution >= 0.6 is 11.6 Å². The molecule has 21 heavy (non-hydrogen) atoms. The molecule has 1 aliphatic rings. The van der Waals surface area contributed by atoms with Crippen molar-refractivity contribution in [1.82, 2.24) is 0 Å². The molecule has 2 rings (SSSR count). The second-order valence-corrected chi connectivity index (χ2v) is 6.38. The van der Waals surface area contributed by atoms with Gasteiger partial charge in [-0.25, -0.2) is 0 Å². The van der Waals surface area contributed by atoms with Gasteiger partial charge in [-0.15, -0.1) is 0 Å². The molecule has 0 saturated heterocycles. The maximum atomic E-state index is 6.32. The van der Waals surface area contributed by atoms with Crippen LogP contribution in [0.2, 0.25) is 5.02 Å². The summed E-state index contributed by atoms with van der Waals surface area (Å²) in [5, 5.41) is 0.735. The van der Waals surface area contributed by atoms with Crippen LogP contribution in [0.15, 0.2) is 12.1 Å². The van der Waals surface area contributed by atoms with Gasteiger partial charge in [-0.05, 0) is 42.9 Å². The minimum atomic E-state index is -0.224. The van der Waals surface area contributed by atoms with Gasteiger partial charge in [0.25, 0.3) is 0 Å². The average Bonchev–Trinajstić information content (AvgIpc) is 2.53. The van der Waals surface area contributed by atoms with Crippen LogP contribution in [0.25, 0.3) is 0 Å². The van der Waals surface area contributed by atoms with E-state index in [0.717, 1.165) is 22.8 Å². The molecular formula is C17H27ClN2O. The molecule has 0 bridgehead atoms. The smallest absolute Gasteiger partial charge is 0.127 e.